The minimum absolute atomic E-state index is 0.0172. The van der Waals surface area contributed by atoms with Crippen molar-refractivity contribution in [2.45, 2.75) is 18.5 Å². The average molecular weight is 428 g/mol. The summed E-state index contributed by atoms with van der Waals surface area (Å²) in [4.78, 5) is 16.4. The highest BCUT2D eigenvalue weighted by molar-refractivity contribution is 6.31. The molecule has 1 aliphatic rings. The van der Waals surface area contributed by atoms with Crippen LogP contribution in [0.3, 0.4) is 0 Å². The van der Waals surface area contributed by atoms with Gasteiger partial charge in [0.15, 0.2) is 0 Å². The van der Waals surface area contributed by atoms with Crippen LogP contribution in [0, 0.1) is 0 Å². The highest BCUT2D eigenvalue weighted by atomic mass is 35.5. The van der Waals surface area contributed by atoms with Crippen LogP contribution in [0.1, 0.15) is 29.6 Å². The molecule has 8 nitrogen and oxygen atoms in total. The van der Waals surface area contributed by atoms with Crippen molar-refractivity contribution < 1.29 is 14.3 Å². The zero-order chi connectivity index (χ0) is 21.1. The molecule has 1 amide bonds. The zero-order valence-corrected chi connectivity index (χ0v) is 17.4. The summed E-state index contributed by atoms with van der Waals surface area (Å²) in [6, 6.07) is 15.4. The van der Waals surface area contributed by atoms with Crippen molar-refractivity contribution in [3.63, 3.8) is 0 Å². The first-order valence-electron chi connectivity index (χ1n) is 9.49. The summed E-state index contributed by atoms with van der Waals surface area (Å²) in [5.74, 6) is 1.25. The predicted molar refractivity (Wildman–Crippen MR) is 114 cm³/mol. The van der Waals surface area contributed by atoms with Crippen LogP contribution in [0.15, 0.2) is 48.5 Å². The molecule has 156 valence electrons. The van der Waals surface area contributed by atoms with Crippen molar-refractivity contribution in [1.82, 2.24) is 14.8 Å². The summed E-state index contributed by atoms with van der Waals surface area (Å²) in [5, 5.41) is 11.2. The highest BCUT2D eigenvalue weighted by Gasteiger charge is 2.32. The number of nitrogens with zero attached hydrogens (tertiary/aromatic N) is 3. The number of amides is 1. The Bertz CT molecular complexity index is 1040. The van der Waals surface area contributed by atoms with Gasteiger partial charge in [-0.1, -0.05) is 41.9 Å². The van der Waals surface area contributed by atoms with Gasteiger partial charge in [-0.15, -0.1) is 5.10 Å². The summed E-state index contributed by atoms with van der Waals surface area (Å²) in [7, 11) is 3.10. The van der Waals surface area contributed by atoms with E-state index in [9.17, 15) is 4.79 Å². The van der Waals surface area contributed by atoms with Crippen LogP contribution in [0.25, 0.3) is 0 Å². The SMILES string of the molecule is COCC(=O)Nc1nc2n(n1)[C@H](c1ccccc1Cl)C[C@H](c1ccc(OC)cc1)N2. The molecule has 0 aliphatic carbocycles. The molecule has 1 aliphatic heterocycles. The van der Waals surface area contributed by atoms with Gasteiger partial charge in [-0.3, -0.25) is 10.1 Å². The molecule has 2 aromatic carbocycles. The normalized spacial score (nSPS) is 17.7. The monoisotopic (exact) mass is 427 g/mol. The molecule has 0 unspecified atom stereocenters. The maximum Gasteiger partial charge on any atom is 0.252 e. The molecule has 0 saturated heterocycles. The van der Waals surface area contributed by atoms with Gasteiger partial charge in [0.1, 0.15) is 12.4 Å². The number of carbonyl (C=O) groups is 1. The van der Waals surface area contributed by atoms with Gasteiger partial charge in [0.25, 0.3) is 11.9 Å². The molecular formula is C21H22ClN5O3. The third kappa shape index (κ3) is 4.10. The standard InChI is InChI=1S/C21H22ClN5O3/c1-29-12-19(28)24-20-25-21-23-17(13-7-9-14(30-2)10-8-13)11-18(27(21)26-20)15-5-3-4-6-16(15)22/h3-10,17-18H,11-12H2,1-2H3,(H2,23,24,25,26,28)/t17-,18+/m1/s1. The van der Waals surface area contributed by atoms with E-state index in [0.717, 1.165) is 16.9 Å². The van der Waals surface area contributed by atoms with Gasteiger partial charge >= 0.3 is 0 Å². The summed E-state index contributed by atoms with van der Waals surface area (Å²) < 4.78 is 11.9. The fraction of sp³-hybridized carbons (Fsp3) is 0.286. The number of fused-ring (bicyclic) bond motifs is 1. The number of methoxy groups -OCH3 is 2. The van der Waals surface area contributed by atoms with Gasteiger partial charge in [-0.05, 0) is 35.7 Å². The fourth-order valence-corrected chi connectivity index (χ4v) is 3.84. The average Bonchev–Trinajstić information content (AvgIpc) is 3.16. The van der Waals surface area contributed by atoms with E-state index in [1.807, 2.05) is 48.5 Å². The Morgan fingerprint density at radius 2 is 2.00 bits per heavy atom. The Morgan fingerprint density at radius 1 is 1.23 bits per heavy atom. The first kappa shape index (κ1) is 20.2. The van der Waals surface area contributed by atoms with E-state index in [1.54, 1.807) is 11.8 Å². The quantitative estimate of drug-likeness (QED) is 0.623. The number of benzene rings is 2. The van der Waals surface area contributed by atoms with E-state index in [2.05, 4.69) is 20.7 Å². The Morgan fingerprint density at radius 3 is 2.70 bits per heavy atom. The number of ether oxygens (including phenoxy) is 2. The molecule has 0 radical (unpaired) electrons. The van der Waals surface area contributed by atoms with E-state index >= 15 is 0 Å². The van der Waals surface area contributed by atoms with Crippen LogP contribution < -0.4 is 15.4 Å². The molecule has 0 spiro atoms. The summed E-state index contributed by atoms with van der Waals surface area (Å²) >= 11 is 6.51. The lowest BCUT2D eigenvalue weighted by Crippen LogP contribution is -2.28. The molecule has 9 heteroatoms. The number of nitrogens with one attached hydrogen (secondary N) is 2. The lowest BCUT2D eigenvalue weighted by Gasteiger charge is -2.32. The summed E-state index contributed by atoms with van der Waals surface area (Å²) in [6.07, 6.45) is 0.706. The van der Waals surface area contributed by atoms with Gasteiger partial charge in [0, 0.05) is 12.1 Å². The van der Waals surface area contributed by atoms with Crippen molar-refractivity contribution in [3.05, 3.63) is 64.7 Å². The number of anilines is 2. The van der Waals surface area contributed by atoms with Gasteiger partial charge < -0.3 is 14.8 Å². The van der Waals surface area contributed by atoms with Crippen LogP contribution in [0.5, 0.6) is 5.75 Å². The van der Waals surface area contributed by atoms with Crippen LogP contribution >= 0.6 is 11.6 Å². The second kappa shape index (κ2) is 8.73. The fourth-order valence-electron chi connectivity index (χ4n) is 3.58. The summed E-state index contributed by atoms with van der Waals surface area (Å²) in [6.45, 7) is -0.0697. The second-order valence-electron chi connectivity index (χ2n) is 6.93. The molecule has 3 aromatic rings. The first-order chi connectivity index (χ1) is 14.6. The molecule has 30 heavy (non-hydrogen) atoms. The van der Waals surface area contributed by atoms with Gasteiger partial charge in [-0.25, -0.2) is 4.68 Å². The molecular weight excluding hydrogens is 406 g/mol. The van der Waals surface area contributed by atoms with Crippen molar-refractivity contribution >= 4 is 29.4 Å². The molecule has 0 saturated carbocycles. The molecule has 2 heterocycles. The van der Waals surface area contributed by atoms with Crippen LogP contribution in [-0.4, -0.2) is 41.5 Å². The molecule has 4 rings (SSSR count). The van der Waals surface area contributed by atoms with Crippen molar-refractivity contribution in [3.8, 4) is 5.75 Å². The number of hydrogen-bond acceptors (Lipinski definition) is 6. The van der Waals surface area contributed by atoms with Crippen LogP contribution in [0.4, 0.5) is 11.9 Å². The van der Waals surface area contributed by atoms with E-state index in [1.165, 1.54) is 7.11 Å². The molecule has 0 bridgehead atoms. The Hall–Kier alpha value is -3.10. The Kier molecular flexibility index (Phi) is 5.87. The third-order valence-electron chi connectivity index (χ3n) is 5.00. The third-order valence-corrected chi connectivity index (χ3v) is 5.34. The van der Waals surface area contributed by atoms with Gasteiger partial charge in [-0.2, -0.15) is 4.98 Å². The van der Waals surface area contributed by atoms with Gasteiger partial charge in [0.05, 0.1) is 19.2 Å². The highest BCUT2D eigenvalue weighted by Crippen LogP contribution is 2.40. The smallest absolute Gasteiger partial charge is 0.252 e. The van der Waals surface area contributed by atoms with E-state index in [0.29, 0.717) is 17.4 Å². The molecule has 2 atom stereocenters. The maximum absolute atomic E-state index is 11.9. The lowest BCUT2D eigenvalue weighted by molar-refractivity contribution is -0.119. The summed E-state index contributed by atoms with van der Waals surface area (Å²) in [5.41, 5.74) is 2.03. The first-order valence-corrected chi connectivity index (χ1v) is 9.87. The van der Waals surface area contributed by atoms with Crippen molar-refractivity contribution in [1.29, 1.82) is 0 Å². The number of halogens is 1. The maximum atomic E-state index is 11.9. The van der Waals surface area contributed by atoms with E-state index < -0.39 is 0 Å². The largest absolute Gasteiger partial charge is 0.497 e. The molecule has 2 N–H and O–H groups in total. The van der Waals surface area contributed by atoms with E-state index in [4.69, 9.17) is 21.1 Å². The predicted octanol–water partition coefficient (Wildman–Crippen LogP) is 3.67. The topological polar surface area (TPSA) is 90.3 Å². The van der Waals surface area contributed by atoms with E-state index in [-0.39, 0.29) is 30.5 Å². The number of carbonyl (C=O) groups excluding carboxylic acids is 1. The molecule has 0 fully saturated rings. The lowest BCUT2D eigenvalue weighted by atomic mass is 9.93. The van der Waals surface area contributed by atoms with Crippen LogP contribution in [0.2, 0.25) is 5.02 Å². The van der Waals surface area contributed by atoms with Crippen LogP contribution in [-0.2, 0) is 9.53 Å². The molecule has 1 aromatic heterocycles. The number of rotatable bonds is 6. The number of aromatic nitrogens is 3. The second-order valence-corrected chi connectivity index (χ2v) is 7.34. The zero-order valence-electron chi connectivity index (χ0n) is 16.6. The van der Waals surface area contributed by atoms with Crippen molar-refractivity contribution in [2.75, 3.05) is 31.5 Å². The van der Waals surface area contributed by atoms with Gasteiger partial charge in [0.2, 0.25) is 5.95 Å². The minimum atomic E-state index is -0.318. The Labute approximate surface area is 179 Å². The number of hydrogen-bond donors (Lipinski definition) is 2. The Balaban J connectivity index is 1.70. The minimum Gasteiger partial charge on any atom is -0.497 e. The van der Waals surface area contributed by atoms with Crippen molar-refractivity contribution in [2.24, 2.45) is 0 Å².